The molecule has 0 aliphatic carbocycles. The summed E-state index contributed by atoms with van der Waals surface area (Å²) in [6.45, 7) is 6.49. The summed E-state index contributed by atoms with van der Waals surface area (Å²) < 4.78 is 1.78. The van der Waals surface area contributed by atoms with Crippen LogP contribution < -0.4 is 5.32 Å². The molecule has 0 aromatic carbocycles. The van der Waals surface area contributed by atoms with Gasteiger partial charge in [0.2, 0.25) is 0 Å². The lowest BCUT2D eigenvalue weighted by atomic mass is 10.2. The minimum atomic E-state index is -0.186. The maximum atomic E-state index is 12.0. The lowest BCUT2D eigenvalue weighted by Gasteiger charge is -2.02. The minimum Gasteiger partial charge on any atom is -0.305 e. The summed E-state index contributed by atoms with van der Waals surface area (Å²) in [6, 6.07) is 1.78. The Morgan fingerprint density at radius 1 is 1.53 bits per heavy atom. The Kier molecular flexibility index (Phi) is 2.95. The molecule has 90 valence electrons. The first kappa shape index (κ1) is 11.4. The molecule has 2 N–H and O–H groups in total. The van der Waals surface area contributed by atoms with Crippen molar-refractivity contribution >= 4 is 11.7 Å². The van der Waals surface area contributed by atoms with Crippen LogP contribution in [0.5, 0.6) is 0 Å². The Labute approximate surface area is 99.0 Å². The number of hydrogen-bond acceptors (Lipinski definition) is 3. The molecular formula is C11H15N5O. The largest absolute Gasteiger partial charge is 0.305 e. The van der Waals surface area contributed by atoms with Gasteiger partial charge in [-0.15, -0.1) is 0 Å². The van der Waals surface area contributed by atoms with E-state index in [0.717, 1.165) is 17.9 Å². The number of carbonyl (C=O) groups is 1. The molecule has 0 bridgehead atoms. The van der Waals surface area contributed by atoms with E-state index in [1.165, 1.54) is 0 Å². The smallest absolute Gasteiger partial charge is 0.260 e. The molecule has 6 nitrogen and oxygen atoms in total. The molecule has 2 aromatic rings. The molecule has 0 saturated carbocycles. The first-order valence-electron chi connectivity index (χ1n) is 5.47. The van der Waals surface area contributed by atoms with Gasteiger partial charge in [-0.25, -0.2) is 0 Å². The third kappa shape index (κ3) is 2.20. The van der Waals surface area contributed by atoms with Crippen LogP contribution in [-0.4, -0.2) is 25.9 Å². The molecule has 0 atom stereocenters. The second-order valence-corrected chi connectivity index (χ2v) is 3.85. The molecular weight excluding hydrogens is 218 g/mol. The second-order valence-electron chi connectivity index (χ2n) is 3.85. The van der Waals surface area contributed by atoms with E-state index in [2.05, 4.69) is 20.6 Å². The maximum Gasteiger partial charge on any atom is 0.260 e. The third-order valence-electron chi connectivity index (χ3n) is 2.59. The Morgan fingerprint density at radius 3 is 2.82 bits per heavy atom. The van der Waals surface area contributed by atoms with Crippen molar-refractivity contribution in [1.82, 2.24) is 20.0 Å². The van der Waals surface area contributed by atoms with E-state index < -0.39 is 0 Å². The molecule has 0 aliphatic rings. The van der Waals surface area contributed by atoms with E-state index in [0.29, 0.717) is 11.4 Å². The monoisotopic (exact) mass is 233 g/mol. The van der Waals surface area contributed by atoms with Gasteiger partial charge in [0.25, 0.3) is 5.91 Å². The number of anilines is 1. The molecule has 0 saturated heterocycles. The molecule has 0 fully saturated rings. The van der Waals surface area contributed by atoms with Crippen molar-refractivity contribution in [2.45, 2.75) is 27.3 Å². The van der Waals surface area contributed by atoms with Crippen LogP contribution in [0.1, 0.15) is 28.7 Å². The van der Waals surface area contributed by atoms with Crippen LogP contribution >= 0.6 is 0 Å². The summed E-state index contributed by atoms with van der Waals surface area (Å²) in [6.07, 6.45) is 1.58. The summed E-state index contributed by atoms with van der Waals surface area (Å²) >= 11 is 0. The molecule has 2 aromatic heterocycles. The molecule has 1 amide bonds. The van der Waals surface area contributed by atoms with Gasteiger partial charge in [0.15, 0.2) is 5.82 Å². The second kappa shape index (κ2) is 4.40. The van der Waals surface area contributed by atoms with Crippen molar-refractivity contribution in [3.05, 3.63) is 29.2 Å². The van der Waals surface area contributed by atoms with E-state index in [-0.39, 0.29) is 5.91 Å². The van der Waals surface area contributed by atoms with Gasteiger partial charge in [0.05, 0.1) is 11.8 Å². The van der Waals surface area contributed by atoms with E-state index in [1.807, 2.05) is 20.8 Å². The summed E-state index contributed by atoms with van der Waals surface area (Å²) in [7, 11) is 0. The van der Waals surface area contributed by atoms with Crippen LogP contribution in [0, 0.1) is 13.8 Å². The average molecular weight is 233 g/mol. The van der Waals surface area contributed by atoms with E-state index >= 15 is 0 Å². The highest BCUT2D eigenvalue weighted by atomic mass is 16.1. The third-order valence-corrected chi connectivity index (χ3v) is 2.59. The SMILES string of the molecule is CCn1ncc(C(=O)Nc2cc(C)[nH]n2)c1C. The maximum absolute atomic E-state index is 12.0. The van der Waals surface area contributed by atoms with Gasteiger partial charge >= 0.3 is 0 Å². The summed E-state index contributed by atoms with van der Waals surface area (Å²) in [4.78, 5) is 12.0. The number of nitrogens with zero attached hydrogens (tertiary/aromatic N) is 3. The van der Waals surface area contributed by atoms with Crippen molar-refractivity contribution in [2.24, 2.45) is 0 Å². The number of H-pyrrole nitrogens is 1. The number of nitrogens with one attached hydrogen (secondary N) is 2. The zero-order chi connectivity index (χ0) is 12.4. The van der Waals surface area contributed by atoms with Gasteiger partial charge in [0.1, 0.15) is 0 Å². The number of aryl methyl sites for hydroxylation is 2. The average Bonchev–Trinajstić information content (AvgIpc) is 2.85. The van der Waals surface area contributed by atoms with Gasteiger partial charge < -0.3 is 5.32 Å². The highest BCUT2D eigenvalue weighted by Crippen LogP contribution is 2.11. The first-order chi connectivity index (χ1) is 8.11. The minimum absolute atomic E-state index is 0.186. The number of carbonyl (C=O) groups excluding carboxylic acids is 1. The fourth-order valence-electron chi connectivity index (χ4n) is 1.65. The summed E-state index contributed by atoms with van der Waals surface area (Å²) in [5, 5.41) is 13.6. The van der Waals surface area contributed by atoms with Crippen molar-refractivity contribution < 1.29 is 4.79 Å². The summed E-state index contributed by atoms with van der Waals surface area (Å²) in [5.74, 6) is 0.338. The molecule has 0 spiro atoms. The first-order valence-corrected chi connectivity index (χ1v) is 5.47. The van der Waals surface area contributed by atoms with Gasteiger partial charge in [-0.1, -0.05) is 0 Å². The zero-order valence-corrected chi connectivity index (χ0v) is 10.1. The lowest BCUT2D eigenvalue weighted by Crippen LogP contribution is -2.13. The van der Waals surface area contributed by atoms with Gasteiger partial charge in [-0.3, -0.25) is 14.6 Å². The quantitative estimate of drug-likeness (QED) is 0.843. The highest BCUT2D eigenvalue weighted by molar-refractivity contribution is 6.04. The predicted molar refractivity (Wildman–Crippen MR) is 63.9 cm³/mol. The number of hydrogen-bond donors (Lipinski definition) is 2. The van der Waals surface area contributed by atoms with Crippen molar-refractivity contribution in [2.75, 3.05) is 5.32 Å². The van der Waals surface area contributed by atoms with Crippen molar-refractivity contribution in [3.8, 4) is 0 Å². The van der Waals surface area contributed by atoms with Crippen LogP contribution in [0.25, 0.3) is 0 Å². The van der Waals surface area contributed by atoms with E-state index in [9.17, 15) is 4.79 Å². The molecule has 0 aliphatic heterocycles. The zero-order valence-electron chi connectivity index (χ0n) is 10.1. The number of aromatic amines is 1. The molecule has 0 radical (unpaired) electrons. The Hall–Kier alpha value is -2.11. The van der Waals surface area contributed by atoms with Crippen LogP contribution in [-0.2, 0) is 6.54 Å². The molecule has 0 unspecified atom stereocenters. The normalized spacial score (nSPS) is 10.5. The van der Waals surface area contributed by atoms with Gasteiger partial charge in [-0.05, 0) is 20.8 Å². The van der Waals surface area contributed by atoms with Crippen LogP contribution in [0.4, 0.5) is 5.82 Å². The Balaban J connectivity index is 2.17. The molecule has 17 heavy (non-hydrogen) atoms. The number of amides is 1. The fraction of sp³-hybridized carbons (Fsp3) is 0.364. The van der Waals surface area contributed by atoms with Crippen LogP contribution in [0.2, 0.25) is 0 Å². The van der Waals surface area contributed by atoms with Crippen LogP contribution in [0.15, 0.2) is 12.3 Å². The fourth-order valence-corrected chi connectivity index (χ4v) is 1.65. The summed E-state index contributed by atoms with van der Waals surface area (Å²) in [5.41, 5.74) is 2.34. The lowest BCUT2D eigenvalue weighted by molar-refractivity contribution is 0.102. The Morgan fingerprint density at radius 2 is 2.29 bits per heavy atom. The molecule has 6 heteroatoms. The standard InChI is InChI=1S/C11H15N5O/c1-4-16-8(3)9(6-12-16)11(17)13-10-5-7(2)14-15-10/h5-6H,4H2,1-3H3,(H2,13,14,15,17). The molecule has 2 heterocycles. The van der Waals surface area contributed by atoms with E-state index in [1.54, 1.807) is 16.9 Å². The van der Waals surface area contributed by atoms with Crippen LogP contribution in [0.3, 0.4) is 0 Å². The molecule has 2 rings (SSSR count). The van der Waals surface area contributed by atoms with Crippen molar-refractivity contribution in [1.29, 1.82) is 0 Å². The Bertz CT molecular complexity index is 540. The topological polar surface area (TPSA) is 75.6 Å². The number of rotatable bonds is 3. The van der Waals surface area contributed by atoms with Gasteiger partial charge in [-0.2, -0.15) is 10.2 Å². The van der Waals surface area contributed by atoms with Crippen molar-refractivity contribution in [3.63, 3.8) is 0 Å². The van der Waals surface area contributed by atoms with E-state index in [4.69, 9.17) is 0 Å². The predicted octanol–water partition coefficient (Wildman–Crippen LogP) is 1.50. The highest BCUT2D eigenvalue weighted by Gasteiger charge is 2.14. The van der Waals surface area contributed by atoms with Gasteiger partial charge in [0, 0.05) is 24.0 Å². The number of aromatic nitrogens is 4.